The van der Waals surface area contributed by atoms with Crippen LogP contribution in [0.25, 0.3) is 11.1 Å². The Balaban J connectivity index is 1.90. The van der Waals surface area contributed by atoms with Gasteiger partial charge in [0.15, 0.2) is 0 Å². The second kappa shape index (κ2) is 15.1. The third kappa shape index (κ3) is 8.56. The lowest BCUT2D eigenvalue weighted by Gasteiger charge is -2.17. The number of rotatable bonds is 15. The minimum Gasteiger partial charge on any atom is -0.493 e. The van der Waals surface area contributed by atoms with Crippen LogP contribution in [0.1, 0.15) is 37.3 Å². The summed E-state index contributed by atoms with van der Waals surface area (Å²) in [5, 5.41) is 3.49. The maximum atomic E-state index is 6.13. The molecule has 0 atom stereocenters. The molecule has 2 rings (SSSR count). The number of hydrogen-bond acceptors (Lipinski definition) is 4. The summed E-state index contributed by atoms with van der Waals surface area (Å²) in [4.78, 5) is 0. The van der Waals surface area contributed by atoms with E-state index in [1.807, 2.05) is 31.2 Å². The van der Waals surface area contributed by atoms with E-state index in [4.69, 9.17) is 15.2 Å². The van der Waals surface area contributed by atoms with Gasteiger partial charge in [-0.05, 0) is 99.6 Å². The Bertz CT molecular complexity index is 931. The average molecular weight is 449 g/mol. The molecule has 0 aliphatic heterocycles. The molecule has 0 saturated carbocycles. The summed E-state index contributed by atoms with van der Waals surface area (Å²) in [6, 6.07) is 12.5. The molecule has 0 radical (unpaired) electrons. The zero-order valence-corrected chi connectivity index (χ0v) is 20.5. The molecule has 0 aliphatic rings. The monoisotopic (exact) mass is 448 g/mol. The molecule has 3 N–H and O–H groups in total. The van der Waals surface area contributed by atoms with E-state index in [-0.39, 0.29) is 0 Å². The standard InChI is InChI=1S/C29H40N2O2/c1-5-11-25(12-6-2)17-20-31-19-10-22-33-29-16-8-14-27(24(29)4)26-13-7-15-28(23(26)3)32-21-9-18-30/h5-8,11-16,31H,1,9-10,17-22,30H2,2-4H3/b12-6-,25-11+. The minimum atomic E-state index is 0.635. The second-order valence-electron chi connectivity index (χ2n) is 8.03. The van der Waals surface area contributed by atoms with E-state index in [0.29, 0.717) is 19.8 Å². The van der Waals surface area contributed by atoms with Crippen LogP contribution in [0.4, 0.5) is 0 Å². The fraction of sp³-hybridized carbons (Fsp3) is 0.379. The number of benzene rings is 2. The number of ether oxygens (including phenoxy) is 2. The number of nitrogens with one attached hydrogen (secondary N) is 1. The third-order valence-corrected chi connectivity index (χ3v) is 5.52. The highest BCUT2D eigenvalue weighted by Gasteiger charge is 2.12. The summed E-state index contributed by atoms with van der Waals surface area (Å²) in [6.45, 7) is 13.9. The van der Waals surface area contributed by atoms with E-state index in [1.165, 1.54) is 16.7 Å². The second-order valence-corrected chi connectivity index (χ2v) is 8.03. The lowest BCUT2D eigenvalue weighted by atomic mass is 9.95. The average Bonchev–Trinajstić information content (AvgIpc) is 2.81. The first-order chi connectivity index (χ1) is 16.1. The maximum Gasteiger partial charge on any atom is 0.122 e. The van der Waals surface area contributed by atoms with Gasteiger partial charge in [-0.15, -0.1) is 0 Å². The molecule has 33 heavy (non-hydrogen) atoms. The minimum absolute atomic E-state index is 0.635. The van der Waals surface area contributed by atoms with Crippen molar-refractivity contribution in [3.05, 3.63) is 84.0 Å². The Kier molecular flexibility index (Phi) is 12.1. The van der Waals surface area contributed by atoms with Crippen molar-refractivity contribution < 1.29 is 9.47 Å². The number of allylic oxidation sites excluding steroid dienone is 4. The van der Waals surface area contributed by atoms with E-state index in [0.717, 1.165) is 55.0 Å². The topological polar surface area (TPSA) is 56.5 Å². The SMILES string of the molecule is C=C/C=C(\C=C/C)CCNCCCOc1cccc(-c2cccc(OCCCN)c2C)c1C. The van der Waals surface area contributed by atoms with E-state index in [9.17, 15) is 0 Å². The highest BCUT2D eigenvalue weighted by molar-refractivity contribution is 5.74. The molecule has 0 unspecified atom stereocenters. The number of hydrogen-bond donors (Lipinski definition) is 2. The van der Waals surface area contributed by atoms with Gasteiger partial charge in [0, 0.05) is 0 Å². The van der Waals surface area contributed by atoms with Gasteiger partial charge in [-0.25, -0.2) is 0 Å². The summed E-state index contributed by atoms with van der Waals surface area (Å²) < 4.78 is 12.1. The van der Waals surface area contributed by atoms with Crippen LogP contribution in [0.2, 0.25) is 0 Å². The summed E-state index contributed by atoms with van der Waals surface area (Å²) in [5.74, 6) is 1.85. The van der Waals surface area contributed by atoms with E-state index >= 15 is 0 Å². The zero-order chi connectivity index (χ0) is 23.9. The zero-order valence-electron chi connectivity index (χ0n) is 20.5. The van der Waals surface area contributed by atoms with Gasteiger partial charge in [0.05, 0.1) is 13.2 Å². The molecule has 2 aromatic rings. The fourth-order valence-corrected chi connectivity index (χ4v) is 3.72. The molecule has 4 nitrogen and oxygen atoms in total. The number of nitrogens with two attached hydrogens (primary N) is 1. The van der Waals surface area contributed by atoms with Crippen LogP contribution in [0.5, 0.6) is 11.5 Å². The molecule has 0 aromatic heterocycles. The van der Waals surface area contributed by atoms with Crippen molar-refractivity contribution in [2.45, 2.75) is 40.0 Å². The van der Waals surface area contributed by atoms with Gasteiger partial charge in [-0.2, -0.15) is 0 Å². The van der Waals surface area contributed by atoms with Crippen molar-refractivity contribution in [2.24, 2.45) is 5.73 Å². The van der Waals surface area contributed by atoms with E-state index < -0.39 is 0 Å². The Morgan fingerprint density at radius 1 is 0.939 bits per heavy atom. The van der Waals surface area contributed by atoms with Gasteiger partial charge >= 0.3 is 0 Å². The van der Waals surface area contributed by atoms with Gasteiger partial charge < -0.3 is 20.5 Å². The molecular weight excluding hydrogens is 408 g/mol. The molecule has 178 valence electrons. The van der Waals surface area contributed by atoms with E-state index in [1.54, 1.807) is 0 Å². The summed E-state index contributed by atoms with van der Waals surface area (Å²) in [5.41, 5.74) is 11.5. The van der Waals surface area contributed by atoms with Crippen LogP contribution >= 0.6 is 0 Å². The predicted molar refractivity (Wildman–Crippen MR) is 141 cm³/mol. The smallest absolute Gasteiger partial charge is 0.122 e. The molecule has 0 aliphatic carbocycles. The van der Waals surface area contributed by atoms with E-state index in [2.05, 4.69) is 62.2 Å². The lowest BCUT2D eigenvalue weighted by Crippen LogP contribution is -2.19. The first kappa shape index (κ1) is 26.4. The molecule has 0 bridgehead atoms. The normalized spacial score (nSPS) is 11.7. The Morgan fingerprint density at radius 3 is 2.09 bits per heavy atom. The third-order valence-electron chi connectivity index (χ3n) is 5.52. The largest absolute Gasteiger partial charge is 0.493 e. The van der Waals surface area contributed by atoms with Crippen LogP contribution in [0, 0.1) is 13.8 Å². The Hall–Kier alpha value is -2.82. The molecular formula is C29H40N2O2. The summed E-state index contributed by atoms with van der Waals surface area (Å²) >= 11 is 0. The highest BCUT2D eigenvalue weighted by atomic mass is 16.5. The molecule has 4 heteroatoms. The van der Waals surface area contributed by atoms with Crippen molar-refractivity contribution in [3.63, 3.8) is 0 Å². The van der Waals surface area contributed by atoms with Crippen molar-refractivity contribution in [1.29, 1.82) is 0 Å². The fourth-order valence-electron chi connectivity index (χ4n) is 3.72. The summed E-state index contributed by atoms with van der Waals surface area (Å²) in [6.07, 6.45) is 10.9. The first-order valence-corrected chi connectivity index (χ1v) is 11.9. The molecule has 2 aromatic carbocycles. The molecule has 0 fully saturated rings. The predicted octanol–water partition coefficient (Wildman–Crippen LogP) is 6.14. The van der Waals surface area contributed by atoms with Crippen LogP contribution in [-0.2, 0) is 0 Å². The quantitative estimate of drug-likeness (QED) is 0.254. The Labute approximate surface area is 200 Å². The van der Waals surface area contributed by atoms with Crippen LogP contribution in [0.15, 0.2) is 72.9 Å². The first-order valence-electron chi connectivity index (χ1n) is 11.9. The van der Waals surface area contributed by atoms with Gasteiger partial charge in [0.2, 0.25) is 0 Å². The van der Waals surface area contributed by atoms with Gasteiger partial charge in [-0.3, -0.25) is 0 Å². The van der Waals surface area contributed by atoms with Crippen molar-refractivity contribution in [2.75, 3.05) is 32.8 Å². The highest BCUT2D eigenvalue weighted by Crippen LogP contribution is 2.35. The Morgan fingerprint density at radius 2 is 1.55 bits per heavy atom. The summed E-state index contributed by atoms with van der Waals surface area (Å²) in [7, 11) is 0. The van der Waals surface area contributed by atoms with Crippen LogP contribution < -0.4 is 20.5 Å². The lowest BCUT2D eigenvalue weighted by molar-refractivity contribution is 0.306. The molecule has 0 saturated heterocycles. The van der Waals surface area contributed by atoms with Gasteiger partial charge in [0.25, 0.3) is 0 Å². The van der Waals surface area contributed by atoms with Crippen LogP contribution in [-0.4, -0.2) is 32.8 Å². The molecule has 0 spiro atoms. The van der Waals surface area contributed by atoms with Crippen molar-refractivity contribution in [3.8, 4) is 22.6 Å². The van der Waals surface area contributed by atoms with Gasteiger partial charge in [-0.1, -0.05) is 55.1 Å². The van der Waals surface area contributed by atoms with Crippen molar-refractivity contribution >= 4 is 0 Å². The molecule has 0 heterocycles. The van der Waals surface area contributed by atoms with Crippen LogP contribution in [0.3, 0.4) is 0 Å². The van der Waals surface area contributed by atoms with Gasteiger partial charge in [0.1, 0.15) is 11.5 Å². The molecule has 0 amide bonds. The van der Waals surface area contributed by atoms with Crippen molar-refractivity contribution in [1.82, 2.24) is 5.32 Å². The maximum absolute atomic E-state index is 6.13.